The van der Waals surface area contributed by atoms with Crippen LogP contribution in [0.3, 0.4) is 0 Å². The molecule has 1 saturated heterocycles. The third-order valence-electron chi connectivity index (χ3n) is 6.87. The molecule has 2 aliphatic rings. The molecule has 1 aliphatic heterocycles. The van der Waals surface area contributed by atoms with Gasteiger partial charge in [-0.25, -0.2) is 26.9 Å². The number of allylic oxidation sites excluding steroid dienone is 3. The number of phenols is 1. The second-order valence-corrected chi connectivity index (χ2v) is 9.88. The number of benzene rings is 3. The van der Waals surface area contributed by atoms with Gasteiger partial charge in [-0.05, 0) is 28.8 Å². The van der Waals surface area contributed by atoms with E-state index in [4.69, 9.17) is 23.2 Å². The van der Waals surface area contributed by atoms with Gasteiger partial charge in [-0.1, -0.05) is 49.1 Å². The standard InChI is InChI=1S/C26H14Cl2F5NO3/c1-2-11-9-10-25(27)23(36)34(22-20(32)18(30)17(29)19(31)21(22)33)24(37)26(25,28)16(11)15-13-6-4-3-5-12(13)7-8-14(15)35/h2-9,16,35H,1,10H2/t16-,25-,26+/m1/s1. The number of carbonyl (C=O) groups is 2. The van der Waals surface area contributed by atoms with Gasteiger partial charge in [-0.2, -0.15) is 0 Å². The normalized spacial score (nSPS) is 25.4. The van der Waals surface area contributed by atoms with Crippen molar-refractivity contribution in [2.75, 3.05) is 4.90 Å². The van der Waals surface area contributed by atoms with Gasteiger partial charge in [0.15, 0.2) is 33.0 Å². The van der Waals surface area contributed by atoms with E-state index in [2.05, 4.69) is 6.58 Å². The van der Waals surface area contributed by atoms with E-state index >= 15 is 0 Å². The van der Waals surface area contributed by atoms with Crippen molar-refractivity contribution in [3.63, 3.8) is 0 Å². The van der Waals surface area contributed by atoms with E-state index in [-0.39, 0.29) is 21.8 Å². The number of halogens is 7. The molecule has 3 aromatic rings. The lowest BCUT2D eigenvalue weighted by Gasteiger charge is -2.42. The Balaban J connectivity index is 1.83. The molecule has 1 aliphatic carbocycles. The van der Waals surface area contributed by atoms with Gasteiger partial charge in [0.25, 0.3) is 11.8 Å². The first-order valence-electron chi connectivity index (χ1n) is 10.7. The summed E-state index contributed by atoms with van der Waals surface area (Å²) in [5, 5.41) is 11.9. The van der Waals surface area contributed by atoms with Gasteiger partial charge in [0, 0.05) is 11.5 Å². The predicted octanol–water partition coefficient (Wildman–Crippen LogP) is 6.37. The number of nitrogens with zero attached hydrogens (tertiary/aromatic N) is 1. The third kappa shape index (κ3) is 3.07. The highest BCUT2D eigenvalue weighted by Crippen LogP contribution is 2.61. The summed E-state index contributed by atoms with van der Waals surface area (Å²) in [4.78, 5) is 22.2. The molecule has 0 radical (unpaired) electrons. The van der Waals surface area contributed by atoms with Crippen molar-refractivity contribution in [3.8, 4) is 5.75 Å². The summed E-state index contributed by atoms with van der Waals surface area (Å²) < 4.78 is 71.2. The summed E-state index contributed by atoms with van der Waals surface area (Å²) in [6.07, 6.45) is 2.28. The first-order valence-corrected chi connectivity index (χ1v) is 11.5. The summed E-state index contributed by atoms with van der Waals surface area (Å²) in [5.74, 6) is -16.7. The van der Waals surface area contributed by atoms with E-state index in [1.807, 2.05) is 0 Å². The van der Waals surface area contributed by atoms with Crippen LogP contribution < -0.4 is 4.90 Å². The topological polar surface area (TPSA) is 57.6 Å². The Morgan fingerprint density at radius 1 is 0.919 bits per heavy atom. The number of carbonyl (C=O) groups excluding carboxylic acids is 2. The molecule has 0 spiro atoms. The molecule has 37 heavy (non-hydrogen) atoms. The lowest BCUT2D eigenvalue weighted by atomic mass is 9.67. The Morgan fingerprint density at radius 2 is 1.51 bits per heavy atom. The van der Waals surface area contributed by atoms with Crippen molar-refractivity contribution in [1.82, 2.24) is 0 Å². The molecule has 3 aromatic carbocycles. The van der Waals surface area contributed by atoms with Crippen molar-refractivity contribution in [1.29, 1.82) is 0 Å². The summed E-state index contributed by atoms with van der Waals surface area (Å²) in [7, 11) is 0. The van der Waals surface area contributed by atoms with Gasteiger partial charge >= 0.3 is 0 Å². The highest BCUT2D eigenvalue weighted by atomic mass is 35.5. The molecule has 5 rings (SSSR count). The lowest BCUT2D eigenvalue weighted by molar-refractivity contribution is -0.122. The van der Waals surface area contributed by atoms with E-state index in [9.17, 15) is 36.6 Å². The fourth-order valence-electron chi connectivity index (χ4n) is 5.10. The monoisotopic (exact) mass is 553 g/mol. The third-order valence-corrected chi connectivity index (χ3v) is 8.28. The van der Waals surface area contributed by atoms with Crippen LogP contribution in [-0.4, -0.2) is 26.7 Å². The van der Waals surface area contributed by atoms with Crippen LogP contribution in [-0.2, 0) is 9.59 Å². The lowest BCUT2D eigenvalue weighted by Crippen LogP contribution is -2.55. The van der Waals surface area contributed by atoms with Crippen LogP contribution in [0.5, 0.6) is 5.75 Å². The number of rotatable bonds is 3. The van der Waals surface area contributed by atoms with Gasteiger partial charge in [0.05, 0.1) is 0 Å². The summed E-state index contributed by atoms with van der Waals surface area (Å²) in [6.45, 7) is 3.70. The van der Waals surface area contributed by atoms with Crippen molar-refractivity contribution in [2.24, 2.45) is 0 Å². The Bertz CT molecular complexity index is 1560. The minimum absolute atomic E-state index is 0.0596. The minimum atomic E-state index is -2.56. The van der Waals surface area contributed by atoms with E-state index in [0.717, 1.165) is 0 Å². The van der Waals surface area contributed by atoms with Crippen molar-refractivity contribution in [3.05, 3.63) is 95.4 Å². The van der Waals surface area contributed by atoms with Gasteiger partial charge in [0.1, 0.15) is 11.4 Å². The van der Waals surface area contributed by atoms with Crippen LogP contribution in [0.4, 0.5) is 27.6 Å². The maximum atomic E-state index is 14.7. The molecule has 1 fully saturated rings. The number of aromatic hydroxyl groups is 1. The van der Waals surface area contributed by atoms with Gasteiger partial charge in [-0.15, -0.1) is 23.2 Å². The maximum Gasteiger partial charge on any atom is 0.258 e. The number of anilines is 1. The van der Waals surface area contributed by atoms with E-state index in [1.165, 1.54) is 18.2 Å². The quantitative estimate of drug-likeness (QED) is 0.135. The van der Waals surface area contributed by atoms with E-state index in [1.54, 1.807) is 30.3 Å². The van der Waals surface area contributed by atoms with Crippen LogP contribution >= 0.6 is 23.2 Å². The molecule has 1 N–H and O–H groups in total. The first kappa shape index (κ1) is 25.2. The largest absolute Gasteiger partial charge is 0.508 e. The average molecular weight is 554 g/mol. The van der Waals surface area contributed by atoms with Crippen LogP contribution in [0.2, 0.25) is 0 Å². The molecule has 0 unspecified atom stereocenters. The second-order valence-electron chi connectivity index (χ2n) is 8.64. The van der Waals surface area contributed by atoms with Crippen LogP contribution in [0, 0.1) is 29.1 Å². The number of hydrogen-bond donors (Lipinski definition) is 1. The fraction of sp³-hybridized carbons (Fsp3) is 0.154. The number of imide groups is 1. The molecule has 0 aromatic heterocycles. The first-order chi connectivity index (χ1) is 17.4. The molecule has 0 saturated carbocycles. The van der Waals surface area contributed by atoms with Crippen LogP contribution in [0.1, 0.15) is 17.9 Å². The highest BCUT2D eigenvalue weighted by Gasteiger charge is 2.74. The second kappa shape index (κ2) is 8.29. The predicted molar refractivity (Wildman–Crippen MR) is 127 cm³/mol. The number of hydrogen-bond acceptors (Lipinski definition) is 3. The molecule has 2 amide bonds. The summed E-state index contributed by atoms with van der Waals surface area (Å²) >= 11 is 13.6. The minimum Gasteiger partial charge on any atom is -0.508 e. The molecule has 0 bridgehead atoms. The summed E-state index contributed by atoms with van der Waals surface area (Å²) in [5.41, 5.74) is -1.48. The van der Waals surface area contributed by atoms with E-state index < -0.39 is 68.7 Å². The van der Waals surface area contributed by atoms with E-state index in [0.29, 0.717) is 10.8 Å². The fourth-order valence-corrected chi connectivity index (χ4v) is 5.93. The zero-order valence-electron chi connectivity index (χ0n) is 18.5. The zero-order valence-corrected chi connectivity index (χ0v) is 20.0. The molecule has 1 heterocycles. The number of amides is 2. The molecule has 4 nitrogen and oxygen atoms in total. The Kier molecular flexibility index (Phi) is 5.65. The van der Waals surface area contributed by atoms with Gasteiger partial charge < -0.3 is 5.11 Å². The Morgan fingerprint density at radius 3 is 2.14 bits per heavy atom. The average Bonchev–Trinajstić information content (AvgIpc) is 3.04. The van der Waals surface area contributed by atoms with Crippen molar-refractivity contribution >= 4 is 51.5 Å². The maximum absolute atomic E-state index is 14.7. The van der Waals surface area contributed by atoms with Crippen LogP contribution in [0.25, 0.3) is 10.8 Å². The van der Waals surface area contributed by atoms with Crippen molar-refractivity contribution < 1.29 is 36.6 Å². The van der Waals surface area contributed by atoms with Gasteiger partial charge in [0.2, 0.25) is 5.82 Å². The molecular weight excluding hydrogens is 540 g/mol. The number of alkyl halides is 2. The zero-order chi connectivity index (χ0) is 27.0. The number of fused-ring (bicyclic) bond motifs is 2. The van der Waals surface area contributed by atoms with Crippen LogP contribution in [0.15, 0.2) is 60.7 Å². The molecular formula is C26H14Cl2F5NO3. The highest BCUT2D eigenvalue weighted by molar-refractivity contribution is 6.58. The molecule has 3 atom stereocenters. The Hall–Kier alpha value is -3.43. The number of phenolic OH excluding ortho intramolecular Hbond substituents is 1. The summed E-state index contributed by atoms with van der Waals surface area (Å²) in [6, 6.07) is 9.59. The van der Waals surface area contributed by atoms with Gasteiger partial charge in [-0.3, -0.25) is 9.59 Å². The molecule has 190 valence electrons. The SMILES string of the molecule is C=CC1=CC[C@@]2(Cl)C(=O)N(c3c(F)c(F)c(F)c(F)c3F)C(=O)[C@@]2(Cl)[C@H]1c1c(O)ccc2ccccc12. The molecule has 11 heteroatoms. The Labute approximate surface area is 216 Å². The smallest absolute Gasteiger partial charge is 0.258 e. The van der Waals surface area contributed by atoms with Crippen molar-refractivity contribution in [2.45, 2.75) is 22.1 Å².